The number of carbonyl (C=O) groups is 1. The maximum Gasteiger partial charge on any atom is 0.132 e. The third kappa shape index (κ3) is 9.34. The van der Waals surface area contributed by atoms with Gasteiger partial charge in [0.15, 0.2) is 0 Å². The maximum atomic E-state index is 11.1. The van der Waals surface area contributed by atoms with E-state index in [2.05, 4.69) is 12.2 Å². The van der Waals surface area contributed by atoms with E-state index in [1.807, 2.05) is 27.7 Å². The van der Waals surface area contributed by atoms with Gasteiger partial charge in [-0.25, -0.2) is 0 Å². The van der Waals surface area contributed by atoms with Crippen LogP contribution in [0, 0.1) is 11.8 Å². The molecule has 104 valence electrons. The molecular formula is C15H33NO. The lowest BCUT2D eigenvalue weighted by Crippen LogP contribution is -2.28. The predicted molar refractivity (Wildman–Crippen MR) is 77.4 cm³/mol. The zero-order chi connectivity index (χ0) is 13.7. The second-order valence-corrected chi connectivity index (χ2v) is 4.14. The van der Waals surface area contributed by atoms with Crippen LogP contribution in [-0.4, -0.2) is 18.9 Å². The summed E-state index contributed by atoms with van der Waals surface area (Å²) in [5, 5.41) is 3.38. The van der Waals surface area contributed by atoms with E-state index in [0.717, 1.165) is 31.8 Å². The number of rotatable bonds is 4. The second-order valence-electron chi connectivity index (χ2n) is 4.14. The molecule has 1 fully saturated rings. The highest BCUT2D eigenvalue weighted by Crippen LogP contribution is 2.28. The van der Waals surface area contributed by atoms with E-state index in [4.69, 9.17) is 0 Å². The molecule has 0 amide bonds. The van der Waals surface area contributed by atoms with Crippen LogP contribution in [-0.2, 0) is 4.79 Å². The van der Waals surface area contributed by atoms with Gasteiger partial charge in [-0.3, -0.25) is 4.79 Å². The van der Waals surface area contributed by atoms with Crippen LogP contribution >= 0.6 is 0 Å². The molecule has 1 aliphatic rings. The van der Waals surface area contributed by atoms with Crippen molar-refractivity contribution in [2.75, 3.05) is 13.1 Å². The Labute approximate surface area is 109 Å². The SMILES string of the molecule is CC.CC.CCNCC1CCC(C(C)=O)CC1. The second kappa shape index (κ2) is 13.7. The van der Waals surface area contributed by atoms with E-state index >= 15 is 0 Å². The van der Waals surface area contributed by atoms with Gasteiger partial charge in [0.25, 0.3) is 0 Å². The van der Waals surface area contributed by atoms with Crippen LogP contribution < -0.4 is 5.32 Å². The third-order valence-corrected chi connectivity index (χ3v) is 3.10. The summed E-state index contributed by atoms with van der Waals surface area (Å²) < 4.78 is 0. The first-order valence-electron chi connectivity index (χ1n) is 7.45. The number of hydrogen-bond acceptors (Lipinski definition) is 2. The highest BCUT2D eigenvalue weighted by atomic mass is 16.1. The van der Waals surface area contributed by atoms with Gasteiger partial charge in [0.05, 0.1) is 0 Å². The molecule has 0 saturated heterocycles. The van der Waals surface area contributed by atoms with Crippen molar-refractivity contribution in [3.8, 4) is 0 Å². The molecule has 1 aliphatic carbocycles. The molecule has 17 heavy (non-hydrogen) atoms. The van der Waals surface area contributed by atoms with Gasteiger partial charge < -0.3 is 5.32 Å². The first-order valence-corrected chi connectivity index (χ1v) is 7.45. The molecule has 0 heterocycles. The Morgan fingerprint density at radius 1 is 1.06 bits per heavy atom. The molecule has 1 saturated carbocycles. The summed E-state index contributed by atoms with van der Waals surface area (Å²) in [4.78, 5) is 11.1. The molecule has 0 atom stereocenters. The van der Waals surface area contributed by atoms with Crippen molar-refractivity contribution in [3.63, 3.8) is 0 Å². The zero-order valence-electron chi connectivity index (χ0n) is 12.8. The Morgan fingerprint density at radius 2 is 1.53 bits per heavy atom. The Morgan fingerprint density at radius 3 is 1.88 bits per heavy atom. The van der Waals surface area contributed by atoms with E-state index in [1.165, 1.54) is 12.8 Å². The number of Topliss-reactive ketones (excluding diaryl/α,β-unsaturated/α-hetero) is 1. The summed E-state index contributed by atoms with van der Waals surface area (Å²) in [5.41, 5.74) is 0. The quantitative estimate of drug-likeness (QED) is 0.807. The zero-order valence-corrected chi connectivity index (χ0v) is 12.8. The first-order chi connectivity index (χ1) is 8.24. The molecule has 2 heteroatoms. The maximum absolute atomic E-state index is 11.1. The van der Waals surface area contributed by atoms with Gasteiger partial charge in [0, 0.05) is 5.92 Å². The van der Waals surface area contributed by atoms with Crippen molar-refractivity contribution in [2.45, 2.75) is 67.2 Å². The summed E-state index contributed by atoms with van der Waals surface area (Å²) in [5.74, 6) is 1.58. The van der Waals surface area contributed by atoms with Gasteiger partial charge in [-0.2, -0.15) is 0 Å². The molecular weight excluding hydrogens is 210 g/mol. The molecule has 0 aliphatic heterocycles. The minimum atomic E-state index is 0.373. The third-order valence-electron chi connectivity index (χ3n) is 3.10. The highest BCUT2D eigenvalue weighted by molar-refractivity contribution is 5.78. The molecule has 0 unspecified atom stereocenters. The van der Waals surface area contributed by atoms with Crippen LogP contribution in [0.5, 0.6) is 0 Å². The minimum absolute atomic E-state index is 0.373. The predicted octanol–water partition coefficient (Wildman–Crippen LogP) is 4.04. The van der Waals surface area contributed by atoms with E-state index < -0.39 is 0 Å². The molecule has 0 radical (unpaired) electrons. The Bertz CT molecular complexity index is 160. The summed E-state index contributed by atoms with van der Waals surface area (Å²) in [6.45, 7) is 14.1. The molecule has 0 aromatic heterocycles. The van der Waals surface area contributed by atoms with E-state index in [0.29, 0.717) is 11.7 Å². The fraction of sp³-hybridized carbons (Fsp3) is 0.933. The fourth-order valence-corrected chi connectivity index (χ4v) is 2.12. The van der Waals surface area contributed by atoms with Crippen molar-refractivity contribution in [1.82, 2.24) is 5.32 Å². The first kappa shape index (κ1) is 19.0. The van der Waals surface area contributed by atoms with E-state index in [9.17, 15) is 4.79 Å². The van der Waals surface area contributed by atoms with Crippen LogP contribution in [0.25, 0.3) is 0 Å². The highest BCUT2D eigenvalue weighted by Gasteiger charge is 2.23. The molecule has 1 N–H and O–H groups in total. The van der Waals surface area contributed by atoms with Gasteiger partial charge in [-0.15, -0.1) is 0 Å². The van der Waals surface area contributed by atoms with Crippen LogP contribution in [0.2, 0.25) is 0 Å². The summed E-state index contributed by atoms with van der Waals surface area (Å²) >= 11 is 0. The summed E-state index contributed by atoms with van der Waals surface area (Å²) in [6, 6.07) is 0. The fourth-order valence-electron chi connectivity index (χ4n) is 2.12. The minimum Gasteiger partial charge on any atom is -0.317 e. The average molecular weight is 243 g/mol. The van der Waals surface area contributed by atoms with Crippen molar-refractivity contribution in [3.05, 3.63) is 0 Å². The van der Waals surface area contributed by atoms with Crippen molar-refractivity contribution in [1.29, 1.82) is 0 Å². The summed E-state index contributed by atoms with van der Waals surface area (Å²) in [7, 11) is 0. The summed E-state index contributed by atoms with van der Waals surface area (Å²) in [6.07, 6.45) is 4.70. The average Bonchev–Trinajstić information content (AvgIpc) is 2.41. The normalized spacial score (nSPS) is 22.7. The van der Waals surface area contributed by atoms with Gasteiger partial charge in [0.2, 0.25) is 0 Å². The molecule has 0 aromatic rings. The van der Waals surface area contributed by atoms with Crippen molar-refractivity contribution < 1.29 is 4.79 Å². The van der Waals surface area contributed by atoms with Gasteiger partial charge >= 0.3 is 0 Å². The standard InChI is InChI=1S/C11H21NO.2C2H6/c1-3-12-8-10-4-6-11(7-5-10)9(2)13;2*1-2/h10-12H,3-8H2,1-2H3;2*1-2H3. The molecule has 0 spiro atoms. The lowest BCUT2D eigenvalue weighted by Gasteiger charge is -2.26. The number of ketones is 1. The Balaban J connectivity index is 0. The van der Waals surface area contributed by atoms with E-state index in [-0.39, 0.29) is 0 Å². The van der Waals surface area contributed by atoms with E-state index in [1.54, 1.807) is 6.92 Å². The van der Waals surface area contributed by atoms with Gasteiger partial charge in [0.1, 0.15) is 5.78 Å². The monoisotopic (exact) mass is 243 g/mol. The Kier molecular flexibility index (Phi) is 15.3. The lowest BCUT2D eigenvalue weighted by molar-refractivity contribution is -0.121. The van der Waals surface area contributed by atoms with Crippen LogP contribution in [0.15, 0.2) is 0 Å². The lowest BCUT2D eigenvalue weighted by atomic mass is 9.80. The number of nitrogens with one attached hydrogen (secondary N) is 1. The molecule has 2 nitrogen and oxygen atoms in total. The molecule has 0 bridgehead atoms. The molecule has 1 rings (SSSR count). The van der Waals surface area contributed by atoms with Crippen LogP contribution in [0.3, 0.4) is 0 Å². The van der Waals surface area contributed by atoms with Crippen molar-refractivity contribution >= 4 is 5.78 Å². The van der Waals surface area contributed by atoms with Crippen LogP contribution in [0.1, 0.15) is 67.2 Å². The smallest absolute Gasteiger partial charge is 0.132 e. The topological polar surface area (TPSA) is 29.1 Å². The van der Waals surface area contributed by atoms with Gasteiger partial charge in [-0.05, 0) is 51.6 Å². The van der Waals surface area contributed by atoms with Crippen LogP contribution in [0.4, 0.5) is 0 Å². The number of hydrogen-bond donors (Lipinski definition) is 1. The van der Waals surface area contributed by atoms with Crippen molar-refractivity contribution in [2.24, 2.45) is 11.8 Å². The Hall–Kier alpha value is -0.370. The van der Waals surface area contributed by atoms with Gasteiger partial charge in [-0.1, -0.05) is 34.6 Å². The largest absolute Gasteiger partial charge is 0.317 e. The number of carbonyl (C=O) groups excluding carboxylic acids is 1. The molecule has 0 aromatic carbocycles.